The molecule has 0 amide bonds. The van der Waals surface area contributed by atoms with Crippen LogP contribution in [-0.4, -0.2) is 16.1 Å². The number of hydrogen-bond acceptors (Lipinski definition) is 3. The number of nitrogens with zero attached hydrogens (tertiary/aromatic N) is 1. The van der Waals surface area contributed by atoms with Crippen LogP contribution in [0.5, 0.6) is 5.88 Å². The largest absolute Gasteiger partial charge is 0.478 e. The van der Waals surface area contributed by atoms with Crippen molar-refractivity contribution < 1.29 is 23.4 Å². The third-order valence-electron chi connectivity index (χ3n) is 2.43. The van der Waals surface area contributed by atoms with E-state index in [1.54, 1.807) is 0 Å². The third-order valence-corrected chi connectivity index (χ3v) is 2.78. The highest BCUT2D eigenvalue weighted by molar-refractivity contribution is 6.31. The van der Waals surface area contributed by atoms with Crippen molar-refractivity contribution in [1.82, 2.24) is 4.98 Å². The SMILES string of the molecule is O=C(O)c1cc(Cl)c(COc2cccc(F)n2)cc1F. The number of halogens is 3. The van der Waals surface area contributed by atoms with E-state index < -0.39 is 23.3 Å². The van der Waals surface area contributed by atoms with Crippen molar-refractivity contribution in [2.75, 3.05) is 0 Å². The Labute approximate surface area is 117 Å². The topological polar surface area (TPSA) is 59.4 Å². The Morgan fingerprint density at radius 2 is 2.10 bits per heavy atom. The number of carboxylic acids is 1. The molecular formula is C13H8ClF2NO3. The minimum atomic E-state index is -1.41. The summed E-state index contributed by atoms with van der Waals surface area (Å²) in [6, 6.07) is 5.95. The summed E-state index contributed by atoms with van der Waals surface area (Å²) in [5, 5.41) is 8.78. The number of aromatic nitrogens is 1. The van der Waals surface area contributed by atoms with Gasteiger partial charge < -0.3 is 9.84 Å². The van der Waals surface area contributed by atoms with E-state index in [4.69, 9.17) is 21.4 Å². The summed E-state index contributed by atoms with van der Waals surface area (Å²) in [6.07, 6.45) is 0. The molecule has 0 unspecified atom stereocenters. The molecule has 0 saturated heterocycles. The molecule has 0 spiro atoms. The Morgan fingerprint density at radius 3 is 2.75 bits per heavy atom. The smallest absolute Gasteiger partial charge is 0.338 e. The number of carbonyl (C=O) groups is 1. The molecule has 20 heavy (non-hydrogen) atoms. The van der Waals surface area contributed by atoms with E-state index in [9.17, 15) is 13.6 Å². The van der Waals surface area contributed by atoms with Crippen LogP contribution in [0.1, 0.15) is 15.9 Å². The van der Waals surface area contributed by atoms with Gasteiger partial charge in [-0.25, -0.2) is 9.18 Å². The van der Waals surface area contributed by atoms with E-state index in [-0.39, 0.29) is 23.1 Å². The molecule has 2 rings (SSSR count). The van der Waals surface area contributed by atoms with Crippen LogP contribution in [0.4, 0.5) is 8.78 Å². The van der Waals surface area contributed by atoms with Crippen molar-refractivity contribution >= 4 is 17.6 Å². The first-order valence-corrected chi connectivity index (χ1v) is 5.81. The van der Waals surface area contributed by atoms with Gasteiger partial charge in [0, 0.05) is 16.7 Å². The van der Waals surface area contributed by atoms with Crippen LogP contribution in [0.15, 0.2) is 30.3 Å². The molecule has 4 nitrogen and oxygen atoms in total. The minimum absolute atomic E-state index is 0.0174. The molecule has 0 aliphatic carbocycles. The fourth-order valence-corrected chi connectivity index (χ4v) is 1.70. The second-order valence-corrected chi connectivity index (χ2v) is 4.22. The van der Waals surface area contributed by atoms with E-state index in [1.165, 1.54) is 12.1 Å². The van der Waals surface area contributed by atoms with Gasteiger partial charge in [-0.2, -0.15) is 9.37 Å². The van der Waals surface area contributed by atoms with Gasteiger partial charge in [0.1, 0.15) is 12.4 Å². The van der Waals surface area contributed by atoms with Crippen LogP contribution in [0, 0.1) is 11.8 Å². The predicted octanol–water partition coefficient (Wildman–Crippen LogP) is 3.29. The second kappa shape index (κ2) is 5.83. The summed E-state index contributed by atoms with van der Waals surface area (Å²) in [4.78, 5) is 14.2. The standard InChI is InChI=1S/C13H8ClF2NO3/c14-9-5-8(13(18)19)10(15)4-7(9)6-20-12-3-1-2-11(16)17-12/h1-5H,6H2,(H,18,19). The molecule has 0 aliphatic rings. The average Bonchev–Trinajstić information content (AvgIpc) is 2.39. The molecular weight excluding hydrogens is 292 g/mol. The van der Waals surface area contributed by atoms with Crippen LogP contribution in [0.2, 0.25) is 5.02 Å². The monoisotopic (exact) mass is 299 g/mol. The van der Waals surface area contributed by atoms with Crippen molar-refractivity contribution in [3.63, 3.8) is 0 Å². The molecule has 0 aliphatic heterocycles. The van der Waals surface area contributed by atoms with Gasteiger partial charge >= 0.3 is 5.97 Å². The molecule has 0 atom stereocenters. The van der Waals surface area contributed by atoms with E-state index in [0.717, 1.165) is 18.2 Å². The number of ether oxygens (including phenoxy) is 1. The Hall–Kier alpha value is -2.21. The van der Waals surface area contributed by atoms with Crippen LogP contribution in [0.25, 0.3) is 0 Å². The molecule has 2 aromatic rings. The number of hydrogen-bond donors (Lipinski definition) is 1. The number of rotatable bonds is 4. The third kappa shape index (κ3) is 3.21. The highest BCUT2D eigenvalue weighted by atomic mass is 35.5. The summed E-state index contributed by atoms with van der Waals surface area (Å²) in [7, 11) is 0. The first kappa shape index (κ1) is 14.2. The van der Waals surface area contributed by atoms with Gasteiger partial charge in [-0.15, -0.1) is 0 Å². The zero-order valence-corrected chi connectivity index (χ0v) is 10.7. The lowest BCUT2D eigenvalue weighted by atomic mass is 10.1. The predicted molar refractivity (Wildman–Crippen MR) is 66.9 cm³/mol. The molecule has 1 N–H and O–H groups in total. The lowest BCUT2D eigenvalue weighted by molar-refractivity contribution is 0.0691. The lowest BCUT2D eigenvalue weighted by Gasteiger charge is -2.08. The quantitative estimate of drug-likeness (QED) is 0.880. The van der Waals surface area contributed by atoms with Gasteiger partial charge in [-0.05, 0) is 18.2 Å². The number of carboxylic acid groups (broad SMARTS) is 1. The molecule has 1 aromatic carbocycles. The lowest BCUT2D eigenvalue weighted by Crippen LogP contribution is -2.04. The summed E-state index contributed by atoms with van der Waals surface area (Å²) in [5.41, 5.74) is -0.289. The summed E-state index contributed by atoms with van der Waals surface area (Å²) < 4.78 is 31.5. The zero-order valence-electron chi connectivity index (χ0n) is 9.94. The maximum Gasteiger partial charge on any atom is 0.338 e. The maximum atomic E-state index is 13.5. The van der Waals surface area contributed by atoms with Gasteiger partial charge in [-0.3, -0.25) is 0 Å². The van der Waals surface area contributed by atoms with Crippen molar-refractivity contribution in [3.8, 4) is 5.88 Å². The Bertz CT molecular complexity index is 664. The first-order valence-electron chi connectivity index (χ1n) is 5.44. The van der Waals surface area contributed by atoms with E-state index in [0.29, 0.717) is 0 Å². The van der Waals surface area contributed by atoms with Crippen LogP contribution in [-0.2, 0) is 6.61 Å². The van der Waals surface area contributed by atoms with Crippen molar-refractivity contribution in [2.45, 2.75) is 6.61 Å². The van der Waals surface area contributed by atoms with Crippen molar-refractivity contribution in [3.05, 3.63) is 58.2 Å². The average molecular weight is 300 g/mol. The van der Waals surface area contributed by atoms with E-state index >= 15 is 0 Å². The molecule has 0 bridgehead atoms. The minimum Gasteiger partial charge on any atom is -0.478 e. The van der Waals surface area contributed by atoms with E-state index in [1.807, 2.05) is 0 Å². The second-order valence-electron chi connectivity index (χ2n) is 3.82. The van der Waals surface area contributed by atoms with Gasteiger partial charge in [-0.1, -0.05) is 17.7 Å². The first-order chi connectivity index (χ1) is 9.47. The molecule has 1 aromatic heterocycles. The van der Waals surface area contributed by atoms with Crippen molar-refractivity contribution in [2.24, 2.45) is 0 Å². The molecule has 1 heterocycles. The molecule has 0 radical (unpaired) electrons. The molecule has 0 saturated carbocycles. The highest BCUT2D eigenvalue weighted by Crippen LogP contribution is 2.22. The summed E-state index contributed by atoms with van der Waals surface area (Å²) >= 11 is 5.84. The van der Waals surface area contributed by atoms with Gasteiger partial charge in [0.2, 0.25) is 11.8 Å². The maximum absolute atomic E-state index is 13.5. The fourth-order valence-electron chi connectivity index (χ4n) is 1.48. The molecule has 104 valence electrons. The summed E-state index contributed by atoms with van der Waals surface area (Å²) in [6.45, 7) is -0.161. The van der Waals surface area contributed by atoms with E-state index in [2.05, 4.69) is 4.98 Å². The van der Waals surface area contributed by atoms with Gasteiger partial charge in [0.15, 0.2) is 0 Å². The van der Waals surface area contributed by atoms with Crippen LogP contribution in [0.3, 0.4) is 0 Å². The van der Waals surface area contributed by atoms with Gasteiger partial charge in [0.25, 0.3) is 0 Å². The molecule has 7 heteroatoms. The Balaban J connectivity index is 2.18. The Morgan fingerprint density at radius 1 is 1.35 bits per heavy atom. The zero-order chi connectivity index (χ0) is 14.7. The van der Waals surface area contributed by atoms with Crippen molar-refractivity contribution in [1.29, 1.82) is 0 Å². The van der Waals surface area contributed by atoms with Gasteiger partial charge in [0.05, 0.1) is 5.56 Å². The number of pyridine rings is 1. The Kier molecular flexibility index (Phi) is 4.14. The van der Waals surface area contributed by atoms with Crippen LogP contribution < -0.4 is 4.74 Å². The number of benzene rings is 1. The fraction of sp³-hybridized carbons (Fsp3) is 0.0769. The summed E-state index contributed by atoms with van der Waals surface area (Å²) in [5.74, 6) is -3.03. The normalized spacial score (nSPS) is 10.3. The van der Waals surface area contributed by atoms with Crippen LogP contribution >= 0.6 is 11.6 Å². The highest BCUT2D eigenvalue weighted by Gasteiger charge is 2.14. The molecule has 0 fully saturated rings. The number of aromatic carboxylic acids is 1.